The van der Waals surface area contributed by atoms with Crippen molar-refractivity contribution in [3.05, 3.63) is 0 Å². The molecule has 0 bridgehead atoms. The highest BCUT2D eigenvalue weighted by atomic mass is 16.5. The lowest BCUT2D eigenvalue weighted by Crippen LogP contribution is -2.60. The van der Waals surface area contributed by atoms with Gasteiger partial charge in [-0.1, -0.05) is 6.92 Å². The predicted octanol–water partition coefficient (Wildman–Crippen LogP) is 1.20. The van der Waals surface area contributed by atoms with Crippen LogP contribution in [0.5, 0.6) is 0 Å². The highest BCUT2D eigenvalue weighted by Crippen LogP contribution is 2.27. The lowest BCUT2D eigenvalue weighted by atomic mass is 9.97. The van der Waals surface area contributed by atoms with Gasteiger partial charge < -0.3 is 9.64 Å². The first-order valence-corrected chi connectivity index (χ1v) is 5.88. The van der Waals surface area contributed by atoms with Crippen molar-refractivity contribution < 1.29 is 4.74 Å². The fourth-order valence-electron chi connectivity index (χ4n) is 2.51. The van der Waals surface area contributed by atoms with E-state index in [9.17, 15) is 0 Å². The van der Waals surface area contributed by atoms with Gasteiger partial charge in [0, 0.05) is 32.0 Å². The fourth-order valence-corrected chi connectivity index (χ4v) is 2.51. The van der Waals surface area contributed by atoms with Crippen molar-refractivity contribution in [1.29, 1.82) is 0 Å². The average molecular weight is 198 g/mol. The molecular formula is C11H22N2O. The molecule has 0 aromatic rings. The van der Waals surface area contributed by atoms with Crippen molar-refractivity contribution in [1.82, 2.24) is 10.2 Å². The molecular weight excluding hydrogens is 176 g/mol. The second-order valence-corrected chi connectivity index (χ2v) is 4.61. The van der Waals surface area contributed by atoms with Gasteiger partial charge in [-0.25, -0.2) is 0 Å². The summed E-state index contributed by atoms with van der Waals surface area (Å²) < 4.78 is 5.93. The number of rotatable bonds is 1. The minimum atomic E-state index is 0.0172. The highest BCUT2D eigenvalue weighted by Gasteiger charge is 2.38. The number of likely N-dealkylation sites (tertiary alicyclic amines) is 1. The largest absolute Gasteiger partial charge is 0.360 e. The van der Waals surface area contributed by atoms with Gasteiger partial charge in [-0.05, 0) is 19.9 Å². The second-order valence-electron chi connectivity index (χ2n) is 4.61. The Morgan fingerprint density at radius 3 is 2.71 bits per heavy atom. The molecule has 3 heteroatoms. The van der Waals surface area contributed by atoms with Crippen LogP contribution < -0.4 is 5.32 Å². The highest BCUT2D eigenvalue weighted by molar-refractivity contribution is 4.89. The molecule has 82 valence electrons. The average Bonchev–Trinajstić information content (AvgIpc) is 2.19. The van der Waals surface area contributed by atoms with E-state index in [0.29, 0.717) is 6.04 Å². The molecule has 3 nitrogen and oxygen atoms in total. The zero-order valence-electron chi connectivity index (χ0n) is 9.38. The molecule has 14 heavy (non-hydrogen) atoms. The second kappa shape index (κ2) is 4.17. The molecule has 2 aliphatic heterocycles. The summed E-state index contributed by atoms with van der Waals surface area (Å²) >= 11 is 0. The lowest BCUT2D eigenvalue weighted by molar-refractivity contribution is -0.137. The molecule has 0 radical (unpaired) electrons. The van der Waals surface area contributed by atoms with E-state index in [1.165, 1.54) is 19.6 Å². The van der Waals surface area contributed by atoms with Crippen LogP contribution in [0.1, 0.15) is 33.1 Å². The predicted molar refractivity (Wildman–Crippen MR) is 57.2 cm³/mol. The van der Waals surface area contributed by atoms with Gasteiger partial charge in [0.2, 0.25) is 0 Å². The zero-order chi connectivity index (χ0) is 10.0. The van der Waals surface area contributed by atoms with Crippen LogP contribution in [-0.4, -0.2) is 42.9 Å². The Morgan fingerprint density at radius 2 is 2.14 bits per heavy atom. The normalized spacial score (nSPS) is 33.4. The third kappa shape index (κ3) is 2.10. The topological polar surface area (TPSA) is 24.5 Å². The van der Waals surface area contributed by atoms with Gasteiger partial charge >= 0.3 is 0 Å². The number of piperidine rings is 1. The van der Waals surface area contributed by atoms with E-state index in [1.54, 1.807) is 0 Å². The SMILES string of the molecule is CCN1CCC2(CC1)NC(C)CCO2. The smallest absolute Gasteiger partial charge is 0.121 e. The first-order valence-electron chi connectivity index (χ1n) is 5.88. The van der Waals surface area contributed by atoms with E-state index in [1.807, 2.05) is 0 Å². The maximum atomic E-state index is 5.93. The molecule has 0 saturated carbocycles. The number of nitrogens with one attached hydrogen (secondary N) is 1. The maximum Gasteiger partial charge on any atom is 0.121 e. The number of ether oxygens (including phenoxy) is 1. The fraction of sp³-hybridized carbons (Fsp3) is 1.00. The van der Waals surface area contributed by atoms with Crippen LogP contribution in [0, 0.1) is 0 Å². The summed E-state index contributed by atoms with van der Waals surface area (Å²) in [4.78, 5) is 2.50. The van der Waals surface area contributed by atoms with Crippen molar-refractivity contribution in [2.75, 3.05) is 26.2 Å². The molecule has 1 atom stereocenters. The third-order valence-corrected chi connectivity index (χ3v) is 3.55. The molecule has 2 rings (SSSR count). The molecule has 2 aliphatic rings. The van der Waals surface area contributed by atoms with Gasteiger partial charge in [-0.3, -0.25) is 5.32 Å². The van der Waals surface area contributed by atoms with E-state index in [4.69, 9.17) is 4.74 Å². The standard InChI is InChI=1S/C11H22N2O/c1-3-13-7-5-11(6-8-13)12-10(2)4-9-14-11/h10,12H,3-9H2,1-2H3. The molecule has 2 saturated heterocycles. The molecule has 0 aliphatic carbocycles. The zero-order valence-corrected chi connectivity index (χ0v) is 9.38. The maximum absolute atomic E-state index is 5.93. The van der Waals surface area contributed by atoms with E-state index < -0.39 is 0 Å². The van der Waals surface area contributed by atoms with Crippen molar-refractivity contribution in [3.8, 4) is 0 Å². The van der Waals surface area contributed by atoms with E-state index in [2.05, 4.69) is 24.1 Å². The first-order chi connectivity index (χ1) is 6.74. The Labute approximate surface area is 86.8 Å². The monoisotopic (exact) mass is 198 g/mol. The molecule has 1 N–H and O–H groups in total. The van der Waals surface area contributed by atoms with Crippen LogP contribution in [0.2, 0.25) is 0 Å². The number of nitrogens with zero attached hydrogens (tertiary/aromatic N) is 1. The Bertz CT molecular complexity index is 188. The van der Waals surface area contributed by atoms with Crippen LogP contribution >= 0.6 is 0 Å². The molecule has 0 aromatic heterocycles. The molecule has 1 unspecified atom stereocenters. The summed E-state index contributed by atoms with van der Waals surface area (Å²) in [6.07, 6.45) is 3.44. The Kier molecular flexibility index (Phi) is 3.10. The van der Waals surface area contributed by atoms with E-state index in [0.717, 1.165) is 25.9 Å². The van der Waals surface area contributed by atoms with Crippen molar-refractivity contribution >= 4 is 0 Å². The summed E-state index contributed by atoms with van der Waals surface area (Å²) in [5, 5.41) is 3.63. The molecule has 1 spiro atoms. The van der Waals surface area contributed by atoms with Crippen LogP contribution in [0.15, 0.2) is 0 Å². The molecule has 2 heterocycles. The molecule has 0 amide bonds. The third-order valence-electron chi connectivity index (χ3n) is 3.55. The lowest BCUT2D eigenvalue weighted by Gasteiger charge is -2.46. The Hall–Kier alpha value is -0.120. The minimum Gasteiger partial charge on any atom is -0.360 e. The van der Waals surface area contributed by atoms with Gasteiger partial charge in [0.1, 0.15) is 5.72 Å². The summed E-state index contributed by atoms with van der Waals surface area (Å²) in [5.41, 5.74) is 0.0172. The first kappa shape index (κ1) is 10.4. The van der Waals surface area contributed by atoms with Gasteiger partial charge in [-0.15, -0.1) is 0 Å². The van der Waals surface area contributed by atoms with Crippen LogP contribution in [0.3, 0.4) is 0 Å². The van der Waals surface area contributed by atoms with Crippen molar-refractivity contribution in [2.45, 2.75) is 44.9 Å². The van der Waals surface area contributed by atoms with Crippen LogP contribution in [-0.2, 0) is 4.74 Å². The Morgan fingerprint density at radius 1 is 1.43 bits per heavy atom. The summed E-state index contributed by atoms with van der Waals surface area (Å²) in [5.74, 6) is 0. The van der Waals surface area contributed by atoms with Gasteiger partial charge in [-0.2, -0.15) is 0 Å². The Balaban J connectivity index is 1.91. The summed E-state index contributed by atoms with van der Waals surface area (Å²) in [6.45, 7) is 8.95. The van der Waals surface area contributed by atoms with Gasteiger partial charge in [0.25, 0.3) is 0 Å². The summed E-state index contributed by atoms with van der Waals surface area (Å²) in [7, 11) is 0. The van der Waals surface area contributed by atoms with E-state index in [-0.39, 0.29) is 5.72 Å². The van der Waals surface area contributed by atoms with Gasteiger partial charge in [0.15, 0.2) is 0 Å². The number of hydrogen-bond donors (Lipinski definition) is 1. The number of hydrogen-bond acceptors (Lipinski definition) is 3. The van der Waals surface area contributed by atoms with Crippen LogP contribution in [0.25, 0.3) is 0 Å². The summed E-state index contributed by atoms with van der Waals surface area (Å²) in [6, 6.07) is 0.622. The van der Waals surface area contributed by atoms with Crippen molar-refractivity contribution in [2.24, 2.45) is 0 Å². The van der Waals surface area contributed by atoms with Crippen molar-refractivity contribution in [3.63, 3.8) is 0 Å². The molecule has 2 fully saturated rings. The quantitative estimate of drug-likeness (QED) is 0.685. The molecule has 0 aromatic carbocycles. The van der Waals surface area contributed by atoms with Gasteiger partial charge in [0.05, 0.1) is 6.61 Å². The van der Waals surface area contributed by atoms with E-state index >= 15 is 0 Å². The van der Waals surface area contributed by atoms with Crippen LogP contribution in [0.4, 0.5) is 0 Å². The minimum absolute atomic E-state index is 0.0172.